The summed E-state index contributed by atoms with van der Waals surface area (Å²) >= 11 is 5.93. The molecule has 110 valence electrons. The number of nitrogens with zero attached hydrogens (tertiary/aromatic N) is 1. The Hall–Kier alpha value is -0.640. The fraction of sp³-hybridized carbons (Fsp3) is 0.625. The van der Waals surface area contributed by atoms with Crippen LogP contribution in [0.3, 0.4) is 0 Å². The second kappa shape index (κ2) is 6.00. The Bertz CT molecular complexity index is 466. The van der Waals surface area contributed by atoms with E-state index in [-0.39, 0.29) is 5.82 Å². The number of fused-ring (bicyclic) bond motifs is 2. The third-order valence-electron chi connectivity index (χ3n) is 4.93. The summed E-state index contributed by atoms with van der Waals surface area (Å²) < 4.78 is 13.7. The maximum absolute atomic E-state index is 13.7. The van der Waals surface area contributed by atoms with E-state index in [4.69, 9.17) is 11.6 Å². The molecule has 2 bridgehead atoms. The molecule has 2 nitrogen and oxygen atoms in total. The zero-order valence-corrected chi connectivity index (χ0v) is 12.7. The molecular weight excluding hydrogens is 275 g/mol. The summed E-state index contributed by atoms with van der Waals surface area (Å²) in [5.41, 5.74) is 0.668. The smallest absolute Gasteiger partial charge is 0.127 e. The molecule has 0 aromatic heterocycles. The highest BCUT2D eigenvalue weighted by atomic mass is 35.5. The minimum absolute atomic E-state index is 0.171. The number of benzene rings is 1. The molecule has 20 heavy (non-hydrogen) atoms. The first-order valence-corrected chi connectivity index (χ1v) is 7.90. The lowest BCUT2D eigenvalue weighted by atomic mass is 9.82. The summed E-state index contributed by atoms with van der Waals surface area (Å²) in [6.07, 6.45) is 6.31. The van der Waals surface area contributed by atoms with Crippen molar-refractivity contribution in [2.45, 2.75) is 56.8 Å². The first-order valence-electron chi connectivity index (χ1n) is 7.52. The predicted octanol–water partition coefficient (Wildman–Crippen LogP) is 3.58. The van der Waals surface area contributed by atoms with E-state index in [1.54, 1.807) is 12.1 Å². The molecule has 1 aromatic carbocycles. The summed E-state index contributed by atoms with van der Waals surface area (Å²) in [6, 6.07) is 6.66. The van der Waals surface area contributed by atoms with Crippen LogP contribution in [0.2, 0.25) is 5.02 Å². The van der Waals surface area contributed by atoms with E-state index in [2.05, 4.69) is 17.3 Å². The monoisotopic (exact) mass is 296 g/mol. The van der Waals surface area contributed by atoms with Gasteiger partial charge in [-0.1, -0.05) is 18.0 Å². The second-order valence-corrected chi connectivity index (χ2v) is 6.63. The van der Waals surface area contributed by atoms with Crippen LogP contribution in [0.15, 0.2) is 18.2 Å². The summed E-state index contributed by atoms with van der Waals surface area (Å²) in [5.74, 6) is -0.171. The number of nitrogens with one attached hydrogen (secondary N) is 1. The quantitative estimate of drug-likeness (QED) is 0.917. The number of halogens is 2. The van der Waals surface area contributed by atoms with E-state index in [1.165, 1.54) is 38.2 Å². The van der Waals surface area contributed by atoms with Crippen molar-refractivity contribution in [3.63, 3.8) is 0 Å². The van der Waals surface area contributed by atoms with Crippen molar-refractivity contribution in [1.29, 1.82) is 0 Å². The Balaban J connectivity index is 1.60. The molecule has 2 heterocycles. The largest absolute Gasteiger partial charge is 0.310 e. The van der Waals surface area contributed by atoms with Crippen LogP contribution < -0.4 is 5.32 Å². The van der Waals surface area contributed by atoms with Crippen molar-refractivity contribution in [2.75, 3.05) is 7.05 Å². The molecule has 0 saturated carbocycles. The van der Waals surface area contributed by atoms with Crippen LogP contribution in [0.1, 0.15) is 37.7 Å². The van der Waals surface area contributed by atoms with Gasteiger partial charge in [0.25, 0.3) is 0 Å². The molecule has 1 aromatic rings. The third kappa shape index (κ3) is 3.00. The van der Waals surface area contributed by atoms with Gasteiger partial charge in [-0.05, 0) is 50.9 Å². The molecule has 2 saturated heterocycles. The molecule has 0 amide bonds. The van der Waals surface area contributed by atoms with Crippen molar-refractivity contribution in [1.82, 2.24) is 10.2 Å². The van der Waals surface area contributed by atoms with E-state index in [9.17, 15) is 4.39 Å². The average Bonchev–Trinajstić information content (AvgIpc) is 2.40. The summed E-state index contributed by atoms with van der Waals surface area (Å²) in [6.45, 7) is 0.570. The molecule has 3 rings (SSSR count). The summed E-state index contributed by atoms with van der Waals surface area (Å²) in [5, 5.41) is 4.13. The first kappa shape index (κ1) is 14.3. The SMILES string of the molecule is CN1C2CCCC1CC(NCc1cc(Cl)ccc1F)C2. The highest BCUT2D eigenvalue weighted by Gasteiger charge is 2.35. The van der Waals surface area contributed by atoms with Crippen molar-refractivity contribution >= 4 is 11.6 Å². The summed E-state index contributed by atoms with van der Waals surface area (Å²) in [7, 11) is 2.25. The number of piperidine rings is 2. The standard InChI is InChI=1S/C16H22ClFN2/c1-20-14-3-2-4-15(20)9-13(8-14)19-10-11-7-12(17)5-6-16(11)18/h5-7,13-15,19H,2-4,8-10H2,1H3. The van der Waals surface area contributed by atoms with Gasteiger partial charge >= 0.3 is 0 Å². The fourth-order valence-corrected chi connectivity index (χ4v) is 3.91. The molecule has 2 fully saturated rings. The molecule has 0 aliphatic carbocycles. The average molecular weight is 297 g/mol. The van der Waals surface area contributed by atoms with E-state index < -0.39 is 0 Å². The normalized spacial score (nSPS) is 30.4. The van der Waals surface area contributed by atoms with E-state index >= 15 is 0 Å². The van der Waals surface area contributed by atoms with Crippen LogP contribution in [0.5, 0.6) is 0 Å². The van der Waals surface area contributed by atoms with Crippen LogP contribution in [-0.4, -0.2) is 30.1 Å². The Morgan fingerprint density at radius 2 is 2.00 bits per heavy atom. The van der Waals surface area contributed by atoms with Crippen molar-refractivity contribution in [3.05, 3.63) is 34.6 Å². The van der Waals surface area contributed by atoms with E-state index in [1.807, 2.05) is 0 Å². The van der Waals surface area contributed by atoms with Gasteiger partial charge in [0.15, 0.2) is 0 Å². The molecule has 2 aliphatic heterocycles. The molecule has 0 spiro atoms. The maximum atomic E-state index is 13.7. The zero-order chi connectivity index (χ0) is 14.1. The summed E-state index contributed by atoms with van der Waals surface area (Å²) in [4.78, 5) is 2.54. The van der Waals surface area contributed by atoms with E-state index in [0.717, 1.165) is 0 Å². The van der Waals surface area contributed by atoms with Gasteiger partial charge in [0, 0.05) is 35.3 Å². The van der Waals surface area contributed by atoms with Crippen LogP contribution in [0.4, 0.5) is 4.39 Å². The molecular formula is C16H22ClFN2. The van der Waals surface area contributed by atoms with Crippen molar-refractivity contribution in [3.8, 4) is 0 Å². The number of hydrogen-bond acceptors (Lipinski definition) is 2. The number of hydrogen-bond donors (Lipinski definition) is 1. The molecule has 0 radical (unpaired) electrons. The highest BCUT2D eigenvalue weighted by molar-refractivity contribution is 6.30. The molecule has 2 aliphatic rings. The van der Waals surface area contributed by atoms with Gasteiger partial charge < -0.3 is 10.2 Å². The number of rotatable bonds is 3. The second-order valence-electron chi connectivity index (χ2n) is 6.19. The van der Waals surface area contributed by atoms with Gasteiger partial charge in [0.05, 0.1) is 0 Å². The minimum atomic E-state index is -0.171. The first-order chi connectivity index (χ1) is 9.63. The zero-order valence-electron chi connectivity index (χ0n) is 11.9. The lowest BCUT2D eigenvalue weighted by molar-refractivity contribution is 0.0482. The molecule has 2 unspecified atom stereocenters. The van der Waals surface area contributed by atoms with Crippen LogP contribution in [-0.2, 0) is 6.54 Å². The van der Waals surface area contributed by atoms with Crippen LogP contribution in [0.25, 0.3) is 0 Å². The lowest BCUT2D eigenvalue weighted by Crippen LogP contribution is -2.54. The van der Waals surface area contributed by atoms with Crippen LogP contribution in [0, 0.1) is 5.82 Å². The minimum Gasteiger partial charge on any atom is -0.310 e. The lowest BCUT2D eigenvalue weighted by Gasteiger charge is -2.47. The Kier molecular flexibility index (Phi) is 4.29. The van der Waals surface area contributed by atoms with Gasteiger partial charge in [-0.3, -0.25) is 0 Å². The van der Waals surface area contributed by atoms with Gasteiger partial charge in [0.1, 0.15) is 5.82 Å². The molecule has 4 heteroatoms. The Morgan fingerprint density at radius 1 is 1.30 bits per heavy atom. The third-order valence-corrected chi connectivity index (χ3v) is 5.16. The fourth-order valence-electron chi connectivity index (χ4n) is 3.72. The van der Waals surface area contributed by atoms with E-state index in [0.29, 0.717) is 35.3 Å². The Morgan fingerprint density at radius 3 is 2.70 bits per heavy atom. The topological polar surface area (TPSA) is 15.3 Å². The Labute approximate surface area is 125 Å². The highest BCUT2D eigenvalue weighted by Crippen LogP contribution is 2.32. The van der Waals surface area contributed by atoms with Gasteiger partial charge in [-0.25, -0.2) is 4.39 Å². The van der Waals surface area contributed by atoms with Gasteiger partial charge in [-0.15, -0.1) is 0 Å². The van der Waals surface area contributed by atoms with Gasteiger partial charge in [-0.2, -0.15) is 0 Å². The van der Waals surface area contributed by atoms with Crippen molar-refractivity contribution < 1.29 is 4.39 Å². The molecule has 2 atom stereocenters. The predicted molar refractivity (Wildman–Crippen MR) is 80.5 cm³/mol. The van der Waals surface area contributed by atoms with Crippen molar-refractivity contribution in [2.24, 2.45) is 0 Å². The van der Waals surface area contributed by atoms with Crippen LogP contribution >= 0.6 is 11.6 Å². The van der Waals surface area contributed by atoms with Gasteiger partial charge in [0.2, 0.25) is 0 Å². The molecule has 1 N–H and O–H groups in total. The maximum Gasteiger partial charge on any atom is 0.127 e.